The number of aromatic nitrogens is 1. The molecule has 1 amide bonds. The molecular formula is C22H20N2O3. The molecule has 0 saturated heterocycles. The number of fused-ring (bicyclic) bond motifs is 1. The van der Waals surface area contributed by atoms with Crippen LogP contribution in [0.5, 0.6) is 0 Å². The summed E-state index contributed by atoms with van der Waals surface area (Å²) in [6, 6.07) is 18.2. The first kappa shape index (κ1) is 18.3. The van der Waals surface area contributed by atoms with Crippen LogP contribution in [0, 0.1) is 6.92 Å². The van der Waals surface area contributed by atoms with Crippen molar-refractivity contribution in [1.82, 2.24) is 4.98 Å². The Labute approximate surface area is 157 Å². The zero-order chi connectivity index (χ0) is 19.2. The van der Waals surface area contributed by atoms with Gasteiger partial charge in [0, 0.05) is 23.3 Å². The van der Waals surface area contributed by atoms with Gasteiger partial charge in [0.05, 0.1) is 11.1 Å². The lowest BCUT2D eigenvalue weighted by molar-refractivity contribution is -0.121. The van der Waals surface area contributed by atoms with E-state index in [1.54, 1.807) is 12.1 Å². The number of rotatable bonds is 6. The van der Waals surface area contributed by atoms with Crippen molar-refractivity contribution in [3.8, 4) is 0 Å². The smallest absolute Gasteiger partial charge is 0.339 e. The number of hydrogen-bond acceptors (Lipinski definition) is 4. The highest BCUT2D eigenvalue weighted by Gasteiger charge is 2.19. The number of ether oxygens (including phenoxy) is 1. The van der Waals surface area contributed by atoms with Crippen molar-refractivity contribution in [3.63, 3.8) is 0 Å². The molecule has 27 heavy (non-hydrogen) atoms. The molecule has 0 aliphatic carbocycles. The second kappa shape index (κ2) is 8.27. The van der Waals surface area contributed by atoms with E-state index < -0.39 is 5.97 Å². The molecule has 0 aliphatic heterocycles. The van der Waals surface area contributed by atoms with Gasteiger partial charge >= 0.3 is 5.97 Å². The molecule has 5 nitrogen and oxygen atoms in total. The lowest BCUT2D eigenvalue weighted by Crippen LogP contribution is -2.34. The van der Waals surface area contributed by atoms with Crippen LogP contribution in [0.15, 0.2) is 73.3 Å². The molecule has 0 aliphatic rings. The number of para-hydroxylation sites is 2. The molecule has 1 heterocycles. The van der Waals surface area contributed by atoms with Crippen LogP contribution in [0.3, 0.4) is 0 Å². The largest absolute Gasteiger partial charge is 0.452 e. The van der Waals surface area contributed by atoms with Gasteiger partial charge in [0.25, 0.3) is 5.91 Å². The molecule has 0 N–H and O–H groups in total. The Balaban J connectivity index is 1.77. The van der Waals surface area contributed by atoms with Crippen molar-refractivity contribution in [1.29, 1.82) is 0 Å². The second-order valence-electron chi connectivity index (χ2n) is 6.03. The Bertz CT molecular complexity index is 983. The van der Waals surface area contributed by atoms with Crippen LogP contribution in [0.4, 0.5) is 5.69 Å². The van der Waals surface area contributed by atoms with Crippen LogP contribution in [-0.2, 0) is 9.53 Å². The van der Waals surface area contributed by atoms with Crippen LogP contribution >= 0.6 is 0 Å². The summed E-state index contributed by atoms with van der Waals surface area (Å²) in [7, 11) is 0. The minimum absolute atomic E-state index is 0.315. The number of amides is 1. The first-order valence-corrected chi connectivity index (χ1v) is 8.60. The molecule has 3 aromatic rings. The van der Waals surface area contributed by atoms with E-state index in [1.165, 1.54) is 4.90 Å². The summed E-state index contributed by atoms with van der Waals surface area (Å²) in [6.07, 6.45) is 1.63. The SMILES string of the molecule is C=CCN(C(=O)COC(=O)c1cc(C)nc2ccccc12)c1ccccc1. The minimum atomic E-state index is -0.545. The normalized spacial score (nSPS) is 10.4. The maximum atomic E-state index is 12.6. The molecule has 0 bridgehead atoms. The van der Waals surface area contributed by atoms with Gasteiger partial charge in [-0.05, 0) is 31.2 Å². The van der Waals surface area contributed by atoms with Gasteiger partial charge < -0.3 is 9.64 Å². The molecule has 0 unspecified atom stereocenters. The van der Waals surface area contributed by atoms with Gasteiger partial charge in [-0.25, -0.2) is 4.79 Å². The molecule has 3 rings (SSSR count). The minimum Gasteiger partial charge on any atom is -0.452 e. The van der Waals surface area contributed by atoms with E-state index in [2.05, 4.69) is 11.6 Å². The quantitative estimate of drug-likeness (QED) is 0.494. The summed E-state index contributed by atoms with van der Waals surface area (Å²) in [5.74, 6) is -0.860. The Morgan fingerprint density at radius 2 is 1.81 bits per heavy atom. The molecule has 1 aromatic heterocycles. The topological polar surface area (TPSA) is 59.5 Å². The number of carbonyl (C=O) groups is 2. The maximum absolute atomic E-state index is 12.6. The average Bonchev–Trinajstić information content (AvgIpc) is 2.70. The number of esters is 1. The van der Waals surface area contributed by atoms with Gasteiger partial charge in [-0.15, -0.1) is 6.58 Å². The van der Waals surface area contributed by atoms with Gasteiger partial charge in [-0.2, -0.15) is 0 Å². The van der Waals surface area contributed by atoms with Gasteiger partial charge in [-0.1, -0.05) is 42.5 Å². The Morgan fingerprint density at radius 3 is 2.56 bits per heavy atom. The maximum Gasteiger partial charge on any atom is 0.339 e. The molecule has 0 fully saturated rings. The molecule has 0 atom stereocenters. The molecule has 5 heteroatoms. The third-order valence-corrected chi connectivity index (χ3v) is 4.07. The van der Waals surface area contributed by atoms with E-state index in [0.29, 0.717) is 28.7 Å². The fourth-order valence-electron chi connectivity index (χ4n) is 2.85. The molecule has 136 valence electrons. The number of nitrogens with zero attached hydrogens (tertiary/aromatic N) is 2. The van der Waals surface area contributed by atoms with E-state index in [0.717, 1.165) is 5.69 Å². The fraction of sp³-hybridized carbons (Fsp3) is 0.136. The van der Waals surface area contributed by atoms with Crippen molar-refractivity contribution >= 4 is 28.5 Å². The summed E-state index contributed by atoms with van der Waals surface area (Å²) in [5.41, 5.74) is 2.56. The van der Waals surface area contributed by atoms with Crippen LogP contribution in [0.1, 0.15) is 16.1 Å². The number of pyridine rings is 1. The third kappa shape index (κ3) is 4.20. The summed E-state index contributed by atoms with van der Waals surface area (Å²) < 4.78 is 5.31. The average molecular weight is 360 g/mol. The van der Waals surface area contributed by atoms with E-state index in [1.807, 2.05) is 61.5 Å². The first-order valence-electron chi connectivity index (χ1n) is 8.60. The van der Waals surface area contributed by atoms with Crippen LogP contribution in [0.2, 0.25) is 0 Å². The van der Waals surface area contributed by atoms with Crippen LogP contribution in [-0.4, -0.2) is 30.0 Å². The molecule has 0 spiro atoms. The third-order valence-electron chi connectivity index (χ3n) is 4.07. The van der Waals surface area contributed by atoms with E-state index in [4.69, 9.17) is 4.74 Å². The first-order chi connectivity index (χ1) is 13.1. The highest BCUT2D eigenvalue weighted by Crippen LogP contribution is 2.19. The zero-order valence-electron chi connectivity index (χ0n) is 15.1. The number of anilines is 1. The Kier molecular flexibility index (Phi) is 5.61. The zero-order valence-corrected chi connectivity index (χ0v) is 15.1. The van der Waals surface area contributed by atoms with E-state index in [-0.39, 0.29) is 12.5 Å². The van der Waals surface area contributed by atoms with Crippen LogP contribution < -0.4 is 4.90 Å². The van der Waals surface area contributed by atoms with Crippen molar-refractivity contribution in [2.24, 2.45) is 0 Å². The van der Waals surface area contributed by atoms with E-state index >= 15 is 0 Å². The van der Waals surface area contributed by atoms with Gasteiger partial charge in [-0.3, -0.25) is 9.78 Å². The molecule has 0 radical (unpaired) electrons. The summed E-state index contributed by atoms with van der Waals surface area (Å²) in [5, 5.41) is 0.701. The lowest BCUT2D eigenvalue weighted by Gasteiger charge is -2.21. The Morgan fingerprint density at radius 1 is 1.11 bits per heavy atom. The Hall–Kier alpha value is -3.47. The van der Waals surface area contributed by atoms with E-state index in [9.17, 15) is 9.59 Å². The predicted octanol–water partition coefficient (Wildman–Crippen LogP) is 3.92. The lowest BCUT2D eigenvalue weighted by atomic mass is 10.1. The second-order valence-corrected chi connectivity index (χ2v) is 6.03. The monoisotopic (exact) mass is 360 g/mol. The number of aryl methyl sites for hydroxylation is 1. The van der Waals surface area contributed by atoms with Gasteiger partial charge in [0.2, 0.25) is 0 Å². The van der Waals surface area contributed by atoms with Crippen molar-refractivity contribution < 1.29 is 14.3 Å². The van der Waals surface area contributed by atoms with Crippen LogP contribution in [0.25, 0.3) is 10.9 Å². The van der Waals surface area contributed by atoms with Gasteiger partial charge in [0.15, 0.2) is 6.61 Å². The van der Waals surface area contributed by atoms with Crippen molar-refractivity contribution in [2.45, 2.75) is 6.92 Å². The number of carbonyl (C=O) groups excluding carboxylic acids is 2. The predicted molar refractivity (Wildman–Crippen MR) is 106 cm³/mol. The summed E-state index contributed by atoms with van der Waals surface area (Å²) >= 11 is 0. The fourth-order valence-corrected chi connectivity index (χ4v) is 2.85. The summed E-state index contributed by atoms with van der Waals surface area (Å²) in [4.78, 5) is 31.1. The standard InChI is InChI=1S/C22H20N2O3/c1-3-13-24(17-9-5-4-6-10-17)21(25)15-27-22(26)19-14-16(2)23-20-12-8-7-11-18(19)20/h3-12,14H,1,13,15H2,2H3. The molecule has 0 saturated carbocycles. The highest BCUT2D eigenvalue weighted by atomic mass is 16.5. The van der Waals surface area contributed by atoms with Crippen molar-refractivity contribution in [2.75, 3.05) is 18.1 Å². The highest BCUT2D eigenvalue weighted by molar-refractivity contribution is 6.04. The number of benzene rings is 2. The van der Waals surface area contributed by atoms with Gasteiger partial charge in [0.1, 0.15) is 0 Å². The summed E-state index contributed by atoms with van der Waals surface area (Å²) in [6.45, 7) is 5.48. The molecule has 2 aromatic carbocycles. The van der Waals surface area contributed by atoms with Crippen molar-refractivity contribution in [3.05, 3.63) is 84.6 Å². The number of hydrogen-bond donors (Lipinski definition) is 0. The molecular weight excluding hydrogens is 340 g/mol.